The zero-order chi connectivity index (χ0) is 7.56. The van der Waals surface area contributed by atoms with E-state index in [0.29, 0.717) is 11.6 Å². The lowest BCUT2D eigenvalue weighted by Gasteiger charge is -1.99. The molecule has 1 aromatic rings. The highest BCUT2D eigenvalue weighted by Crippen LogP contribution is 2.17. The van der Waals surface area contributed by atoms with E-state index in [0.717, 1.165) is 3.57 Å². The fourth-order valence-corrected chi connectivity index (χ4v) is 0.841. The first-order valence-electron chi connectivity index (χ1n) is 2.69. The molecule has 4 heteroatoms. The minimum absolute atomic E-state index is 0.554. The predicted octanol–water partition coefficient (Wildman–Crippen LogP) is 1.28. The van der Waals surface area contributed by atoms with E-state index in [1.54, 1.807) is 19.4 Å². The van der Waals surface area contributed by atoms with Crippen LogP contribution in [0.5, 0.6) is 5.88 Å². The van der Waals surface area contributed by atoms with Crippen LogP contribution >= 0.6 is 22.6 Å². The van der Waals surface area contributed by atoms with Crippen LogP contribution in [-0.2, 0) is 0 Å². The molecule has 0 unspecified atom stereocenters. The minimum atomic E-state index is 0.554. The monoisotopic (exact) mass is 250 g/mol. The molecule has 1 rings (SSSR count). The summed E-state index contributed by atoms with van der Waals surface area (Å²) in [5, 5.41) is 0. The van der Waals surface area contributed by atoms with E-state index in [-0.39, 0.29) is 0 Å². The maximum absolute atomic E-state index is 5.57. The SMILES string of the molecule is COc1cc(N)c(I)cn1. The Kier molecular flexibility index (Phi) is 2.31. The summed E-state index contributed by atoms with van der Waals surface area (Å²) in [6.45, 7) is 0. The summed E-state index contributed by atoms with van der Waals surface area (Å²) in [6.07, 6.45) is 1.68. The average Bonchev–Trinajstić information content (AvgIpc) is 1.95. The second-order valence-electron chi connectivity index (χ2n) is 1.75. The Morgan fingerprint density at radius 2 is 2.40 bits per heavy atom. The van der Waals surface area contributed by atoms with Crippen LogP contribution in [0, 0.1) is 3.57 Å². The minimum Gasteiger partial charge on any atom is -0.481 e. The van der Waals surface area contributed by atoms with Gasteiger partial charge in [0.1, 0.15) is 0 Å². The molecular weight excluding hydrogens is 243 g/mol. The number of nitrogen functional groups attached to an aromatic ring is 1. The Balaban J connectivity index is 3.04. The third-order valence-corrected chi connectivity index (χ3v) is 1.97. The number of nitrogens with zero attached hydrogens (tertiary/aromatic N) is 1. The average molecular weight is 250 g/mol. The van der Waals surface area contributed by atoms with Crippen molar-refractivity contribution in [3.8, 4) is 5.88 Å². The van der Waals surface area contributed by atoms with Gasteiger partial charge in [-0.3, -0.25) is 0 Å². The molecule has 0 saturated heterocycles. The standard InChI is InChI=1S/C6H7IN2O/c1-10-6-2-5(8)4(7)3-9-6/h2-3H,1H3,(H2,8,9). The molecule has 0 amide bonds. The van der Waals surface area contributed by atoms with Gasteiger partial charge in [0.25, 0.3) is 0 Å². The highest BCUT2D eigenvalue weighted by Gasteiger charge is 1.96. The van der Waals surface area contributed by atoms with E-state index in [2.05, 4.69) is 27.6 Å². The van der Waals surface area contributed by atoms with Gasteiger partial charge in [0.15, 0.2) is 0 Å². The number of hydrogen-bond acceptors (Lipinski definition) is 3. The number of halogens is 1. The maximum atomic E-state index is 5.57. The highest BCUT2D eigenvalue weighted by molar-refractivity contribution is 14.1. The Hall–Kier alpha value is -0.520. The van der Waals surface area contributed by atoms with Crippen molar-refractivity contribution in [3.05, 3.63) is 15.8 Å². The van der Waals surface area contributed by atoms with Crippen molar-refractivity contribution in [1.82, 2.24) is 4.98 Å². The number of ether oxygens (including phenoxy) is 1. The molecular formula is C6H7IN2O. The summed E-state index contributed by atoms with van der Waals surface area (Å²) in [4.78, 5) is 3.95. The van der Waals surface area contributed by atoms with Crippen molar-refractivity contribution in [3.63, 3.8) is 0 Å². The molecule has 0 bridgehead atoms. The first-order chi connectivity index (χ1) is 4.74. The molecule has 0 saturated carbocycles. The topological polar surface area (TPSA) is 48.1 Å². The second kappa shape index (κ2) is 3.05. The van der Waals surface area contributed by atoms with Gasteiger partial charge in [-0.15, -0.1) is 0 Å². The van der Waals surface area contributed by atoms with Gasteiger partial charge in [0.2, 0.25) is 5.88 Å². The number of rotatable bonds is 1. The number of anilines is 1. The molecule has 0 aromatic carbocycles. The van der Waals surface area contributed by atoms with Gasteiger partial charge in [-0.2, -0.15) is 0 Å². The summed E-state index contributed by atoms with van der Waals surface area (Å²) in [5.41, 5.74) is 6.27. The third-order valence-electron chi connectivity index (χ3n) is 1.07. The van der Waals surface area contributed by atoms with Crippen molar-refractivity contribution >= 4 is 28.3 Å². The zero-order valence-corrected chi connectivity index (χ0v) is 7.62. The third kappa shape index (κ3) is 1.50. The van der Waals surface area contributed by atoms with Crippen LogP contribution in [0.15, 0.2) is 12.3 Å². The maximum Gasteiger partial charge on any atom is 0.215 e. The van der Waals surface area contributed by atoms with Crippen LogP contribution in [0.4, 0.5) is 5.69 Å². The fourth-order valence-electron chi connectivity index (χ4n) is 0.546. The van der Waals surface area contributed by atoms with Gasteiger partial charge in [0, 0.05) is 12.3 Å². The van der Waals surface area contributed by atoms with Crippen LogP contribution in [0.25, 0.3) is 0 Å². The molecule has 0 spiro atoms. The Morgan fingerprint density at radius 1 is 1.70 bits per heavy atom. The molecule has 3 nitrogen and oxygen atoms in total. The molecule has 54 valence electrons. The molecule has 0 atom stereocenters. The highest BCUT2D eigenvalue weighted by atomic mass is 127. The summed E-state index contributed by atoms with van der Waals surface area (Å²) in [5.74, 6) is 0.554. The number of pyridine rings is 1. The van der Waals surface area contributed by atoms with Crippen molar-refractivity contribution in [2.75, 3.05) is 12.8 Å². The van der Waals surface area contributed by atoms with Gasteiger partial charge in [-0.1, -0.05) is 0 Å². The molecule has 0 aliphatic carbocycles. The first kappa shape index (κ1) is 7.59. The number of hydrogen-bond donors (Lipinski definition) is 1. The summed E-state index contributed by atoms with van der Waals surface area (Å²) in [7, 11) is 1.56. The van der Waals surface area contributed by atoms with E-state index < -0.39 is 0 Å². The van der Waals surface area contributed by atoms with Crippen LogP contribution in [0.3, 0.4) is 0 Å². The Labute approximate surface area is 72.7 Å². The van der Waals surface area contributed by atoms with Crippen molar-refractivity contribution in [1.29, 1.82) is 0 Å². The lowest BCUT2D eigenvalue weighted by atomic mass is 10.4. The van der Waals surface area contributed by atoms with E-state index in [4.69, 9.17) is 10.5 Å². The molecule has 0 radical (unpaired) electrons. The van der Waals surface area contributed by atoms with Gasteiger partial charge in [-0.05, 0) is 22.6 Å². The smallest absolute Gasteiger partial charge is 0.215 e. The van der Waals surface area contributed by atoms with Crippen molar-refractivity contribution in [2.45, 2.75) is 0 Å². The quantitative estimate of drug-likeness (QED) is 0.763. The van der Waals surface area contributed by atoms with E-state index in [1.165, 1.54) is 0 Å². The van der Waals surface area contributed by atoms with Gasteiger partial charge >= 0.3 is 0 Å². The molecule has 2 N–H and O–H groups in total. The van der Waals surface area contributed by atoms with Crippen LogP contribution in [0.2, 0.25) is 0 Å². The van der Waals surface area contributed by atoms with Crippen LogP contribution in [-0.4, -0.2) is 12.1 Å². The number of nitrogens with two attached hydrogens (primary N) is 1. The van der Waals surface area contributed by atoms with Gasteiger partial charge in [0.05, 0.1) is 16.4 Å². The van der Waals surface area contributed by atoms with Crippen molar-refractivity contribution < 1.29 is 4.74 Å². The molecule has 1 heterocycles. The number of methoxy groups -OCH3 is 1. The predicted molar refractivity (Wildman–Crippen MR) is 47.9 cm³/mol. The summed E-state index contributed by atoms with van der Waals surface area (Å²) < 4.78 is 5.80. The van der Waals surface area contributed by atoms with E-state index >= 15 is 0 Å². The van der Waals surface area contributed by atoms with Gasteiger partial charge < -0.3 is 10.5 Å². The largest absolute Gasteiger partial charge is 0.481 e. The molecule has 1 aromatic heterocycles. The van der Waals surface area contributed by atoms with E-state index in [9.17, 15) is 0 Å². The summed E-state index contributed by atoms with van der Waals surface area (Å²) in [6, 6.07) is 1.70. The van der Waals surface area contributed by atoms with Crippen LogP contribution < -0.4 is 10.5 Å². The Morgan fingerprint density at radius 3 is 2.90 bits per heavy atom. The molecule has 0 fully saturated rings. The summed E-state index contributed by atoms with van der Waals surface area (Å²) >= 11 is 2.11. The molecule has 0 aliphatic heterocycles. The van der Waals surface area contributed by atoms with Crippen LogP contribution in [0.1, 0.15) is 0 Å². The van der Waals surface area contributed by atoms with E-state index in [1.807, 2.05) is 0 Å². The Bertz CT molecular complexity index is 239. The zero-order valence-electron chi connectivity index (χ0n) is 5.47. The second-order valence-corrected chi connectivity index (χ2v) is 2.91. The fraction of sp³-hybridized carbons (Fsp3) is 0.167. The lowest BCUT2D eigenvalue weighted by molar-refractivity contribution is 0.398. The molecule has 10 heavy (non-hydrogen) atoms. The first-order valence-corrected chi connectivity index (χ1v) is 3.77. The normalized spacial score (nSPS) is 9.40. The van der Waals surface area contributed by atoms with Gasteiger partial charge in [-0.25, -0.2) is 4.98 Å². The lowest BCUT2D eigenvalue weighted by Crippen LogP contribution is -1.93. The number of aromatic nitrogens is 1. The molecule has 0 aliphatic rings. The van der Waals surface area contributed by atoms with Crippen molar-refractivity contribution in [2.24, 2.45) is 0 Å².